The molecule has 6 nitrogen and oxygen atoms in total. The maximum atomic E-state index is 12.8. The molecule has 0 aromatic heterocycles. The van der Waals surface area contributed by atoms with E-state index in [0.717, 1.165) is 11.1 Å². The summed E-state index contributed by atoms with van der Waals surface area (Å²) in [4.78, 5) is 24.9. The number of carboxylic acids is 1. The van der Waals surface area contributed by atoms with Crippen LogP contribution in [0, 0.1) is 5.92 Å². The number of carboxylic acid groups (broad SMARTS) is 1. The number of rotatable bonds is 7. The molecule has 28 heavy (non-hydrogen) atoms. The summed E-state index contributed by atoms with van der Waals surface area (Å²) in [6.07, 6.45) is 0.522. The van der Waals surface area contributed by atoms with Crippen LogP contribution in [0.1, 0.15) is 35.3 Å². The smallest absolute Gasteiger partial charge is 0.330 e. The van der Waals surface area contributed by atoms with Gasteiger partial charge in [-0.2, -0.15) is 0 Å². The molecule has 2 aromatic carbocycles. The van der Waals surface area contributed by atoms with E-state index >= 15 is 0 Å². The molecule has 0 saturated heterocycles. The van der Waals surface area contributed by atoms with Gasteiger partial charge in [-0.15, -0.1) is 0 Å². The Morgan fingerprint density at radius 2 is 1.75 bits per heavy atom. The third-order valence-corrected chi connectivity index (χ3v) is 4.86. The Bertz CT molecular complexity index is 865. The Labute approximate surface area is 164 Å². The Morgan fingerprint density at radius 1 is 1.11 bits per heavy atom. The maximum Gasteiger partial charge on any atom is 0.330 e. The maximum absolute atomic E-state index is 12.8. The average Bonchev–Trinajstić information content (AvgIpc) is 3.05. The van der Waals surface area contributed by atoms with Gasteiger partial charge in [0.15, 0.2) is 11.5 Å². The van der Waals surface area contributed by atoms with Crippen molar-refractivity contribution in [2.24, 2.45) is 5.92 Å². The van der Waals surface area contributed by atoms with Crippen molar-refractivity contribution in [3.05, 3.63) is 59.2 Å². The van der Waals surface area contributed by atoms with Crippen LogP contribution in [0.4, 0.5) is 0 Å². The Balaban J connectivity index is 1.81. The van der Waals surface area contributed by atoms with Crippen LogP contribution in [-0.4, -0.2) is 36.2 Å². The minimum atomic E-state index is -1.35. The molecule has 0 radical (unpaired) electrons. The molecule has 0 bridgehead atoms. The van der Waals surface area contributed by atoms with Gasteiger partial charge in [0.05, 0.1) is 13.7 Å². The van der Waals surface area contributed by atoms with Crippen LogP contribution >= 0.6 is 0 Å². The van der Waals surface area contributed by atoms with E-state index in [0.29, 0.717) is 29.6 Å². The minimum Gasteiger partial charge on any atom is -0.493 e. The van der Waals surface area contributed by atoms with E-state index < -0.39 is 17.4 Å². The highest BCUT2D eigenvalue weighted by Gasteiger charge is 2.45. The number of fused-ring (bicyclic) bond motifs is 1. The average molecular weight is 383 g/mol. The van der Waals surface area contributed by atoms with Crippen LogP contribution in [-0.2, 0) is 17.6 Å². The minimum absolute atomic E-state index is 0.261. The number of nitrogens with one attached hydrogen (secondary N) is 1. The molecule has 2 aromatic rings. The lowest BCUT2D eigenvalue weighted by Gasteiger charge is -2.25. The van der Waals surface area contributed by atoms with E-state index in [1.807, 2.05) is 38.1 Å². The molecule has 1 amide bonds. The predicted octanol–water partition coefficient (Wildman–Crippen LogP) is 3.08. The van der Waals surface area contributed by atoms with Crippen molar-refractivity contribution in [3.8, 4) is 11.5 Å². The monoisotopic (exact) mass is 383 g/mol. The van der Waals surface area contributed by atoms with E-state index in [9.17, 15) is 14.7 Å². The van der Waals surface area contributed by atoms with Gasteiger partial charge in [0.25, 0.3) is 5.91 Å². The second-order valence-electron chi connectivity index (χ2n) is 7.53. The van der Waals surface area contributed by atoms with E-state index in [1.54, 1.807) is 18.2 Å². The van der Waals surface area contributed by atoms with Crippen LogP contribution < -0.4 is 14.8 Å². The van der Waals surface area contributed by atoms with Gasteiger partial charge in [-0.05, 0) is 35.2 Å². The van der Waals surface area contributed by atoms with E-state index in [2.05, 4.69) is 5.32 Å². The SMILES string of the molecule is COc1cc(C(=O)NC2(C(=O)O)Cc3ccccc3C2)ccc1OCC(C)C. The molecule has 6 heteroatoms. The molecule has 0 spiro atoms. The van der Waals surface area contributed by atoms with Crippen LogP contribution in [0.25, 0.3) is 0 Å². The first kappa shape index (κ1) is 19.7. The number of benzene rings is 2. The molecule has 3 rings (SSSR count). The molecule has 148 valence electrons. The van der Waals surface area contributed by atoms with Crippen molar-refractivity contribution >= 4 is 11.9 Å². The first-order valence-corrected chi connectivity index (χ1v) is 9.28. The summed E-state index contributed by atoms with van der Waals surface area (Å²) < 4.78 is 11.0. The fourth-order valence-corrected chi connectivity index (χ4v) is 3.38. The second-order valence-corrected chi connectivity index (χ2v) is 7.53. The fourth-order valence-electron chi connectivity index (χ4n) is 3.38. The number of methoxy groups -OCH3 is 1. The zero-order valence-corrected chi connectivity index (χ0v) is 16.3. The highest BCUT2D eigenvalue weighted by molar-refractivity contribution is 5.99. The fraction of sp³-hybridized carbons (Fsp3) is 0.364. The Kier molecular flexibility index (Phi) is 5.58. The van der Waals surface area contributed by atoms with Gasteiger partial charge in [-0.1, -0.05) is 38.1 Å². The molecule has 0 fully saturated rings. The summed E-state index contributed by atoms with van der Waals surface area (Å²) in [5, 5.41) is 12.6. The topological polar surface area (TPSA) is 84.9 Å². The molecule has 0 atom stereocenters. The van der Waals surface area contributed by atoms with Crippen molar-refractivity contribution in [2.75, 3.05) is 13.7 Å². The van der Waals surface area contributed by atoms with Gasteiger partial charge in [0.2, 0.25) is 0 Å². The van der Waals surface area contributed by atoms with Crippen LogP contribution in [0.2, 0.25) is 0 Å². The normalized spacial score (nSPS) is 14.4. The highest BCUT2D eigenvalue weighted by Crippen LogP contribution is 2.32. The summed E-state index contributed by atoms with van der Waals surface area (Å²) in [7, 11) is 1.51. The van der Waals surface area contributed by atoms with Gasteiger partial charge in [0.1, 0.15) is 5.54 Å². The number of amides is 1. The van der Waals surface area contributed by atoms with Crippen LogP contribution in [0.3, 0.4) is 0 Å². The lowest BCUT2D eigenvalue weighted by Crippen LogP contribution is -2.55. The van der Waals surface area contributed by atoms with Crippen molar-refractivity contribution in [1.82, 2.24) is 5.32 Å². The number of carbonyl (C=O) groups is 2. The van der Waals surface area contributed by atoms with E-state index in [4.69, 9.17) is 9.47 Å². The van der Waals surface area contributed by atoms with Crippen LogP contribution in [0.15, 0.2) is 42.5 Å². The Morgan fingerprint density at radius 3 is 2.29 bits per heavy atom. The molecule has 0 heterocycles. The van der Waals surface area contributed by atoms with Crippen molar-refractivity contribution < 1.29 is 24.2 Å². The van der Waals surface area contributed by atoms with Gasteiger partial charge in [-0.3, -0.25) is 4.79 Å². The summed E-state index contributed by atoms with van der Waals surface area (Å²) >= 11 is 0. The highest BCUT2D eigenvalue weighted by atomic mass is 16.5. The van der Waals surface area contributed by atoms with Crippen molar-refractivity contribution in [3.63, 3.8) is 0 Å². The zero-order valence-electron chi connectivity index (χ0n) is 16.3. The molecular weight excluding hydrogens is 358 g/mol. The number of aliphatic carboxylic acids is 1. The standard InChI is InChI=1S/C22H25NO5/c1-14(2)13-28-18-9-8-15(10-19(18)27-3)20(24)23-22(21(25)26)11-16-6-4-5-7-17(16)12-22/h4-10,14H,11-13H2,1-3H3,(H,23,24)(H,25,26). The third-order valence-electron chi connectivity index (χ3n) is 4.86. The molecule has 0 aliphatic heterocycles. The largest absolute Gasteiger partial charge is 0.493 e. The molecule has 0 saturated carbocycles. The Hall–Kier alpha value is -3.02. The lowest BCUT2D eigenvalue weighted by atomic mass is 9.95. The predicted molar refractivity (Wildman–Crippen MR) is 105 cm³/mol. The number of hydrogen-bond acceptors (Lipinski definition) is 4. The third kappa shape index (κ3) is 3.96. The summed E-state index contributed by atoms with van der Waals surface area (Å²) in [6.45, 7) is 4.61. The van der Waals surface area contributed by atoms with E-state index in [1.165, 1.54) is 7.11 Å². The molecule has 0 unspecified atom stereocenters. The van der Waals surface area contributed by atoms with Crippen LogP contribution in [0.5, 0.6) is 11.5 Å². The molecule has 1 aliphatic carbocycles. The molecular formula is C22H25NO5. The van der Waals surface area contributed by atoms with Crippen molar-refractivity contribution in [1.29, 1.82) is 0 Å². The van der Waals surface area contributed by atoms with Gasteiger partial charge < -0.3 is 19.9 Å². The number of hydrogen-bond donors (Lipinski definition) is 2. The quantitative estimate of drug-likeness (QED) is 0.768. The van der Waals surface area contributed by atoms with Gasteiger partial charge in [0, 0.05) is 18.4 Å². The summed E-state index contributed by atoms with van der Waals surface area (Å²) in [5.41, 5.74) is 0.867. The number of ether oxygens (including phenoxy) is 2. The van der Waals surface area contributed by atoms with Crippen molar-refractivity contribution in [2.45, 2.75) is 32.2 Å². The molecule has 1 aliphatic rings. The molecule has 2 N–H and O–H groups in total. The zero-order chi connectivity index (χ0) is 20.3. The number of carbonyl (C=O) groups excluding carboxylic acids is 1. The van der Waals surface area contributed by atoms with Gasteiger partial charge in [-0.25, -0.2) is 4.79 Å². The first-order valence-electron chi connectivity index (χ1n) is 9.28. The first-order chi connectivity index (χ1) is 13.3. The van der Waals surface area contributed by atoms with Gasteiger partial charge >= 0.3 is 5.97 Å². The summed E-state index contributed by atoms with van der Waals surface area (Å²) in [6, 6.07) is 12.4. The van der Waals surface area contributed by atoms with E-state index in [-0.39, 0.29) is 12.8 Å². The lowest BCUT2D eigenvalue weighted by molar-refractivity contribution is -0.144. The summed E-state index contributed by atoms with van der Waals surface area (Å²) in [5.74, 6) is -0.154. The second kappa shape index (κ2) is 7.92.